The van der Waals surface area contributed by atoms with Gasteiger partial charge < -0.3 is 5.32 Å². The van der Waals surface area contributed by atoms with Gasteiger partial charge in [0.1, 0.15) is 5.25 Å². The second-order valence-electron chi connectivity index (χ2n) is 6.66. The van der Waals surface area contributed by atoms with E-state index in [1.165, 1.54) is 11.8 Å². The first-order chi connectivity index (χ1) is 13.6. The SMILES string of the molecule is Cc1ccc(C)c(NC(=O)[C@@H](Sc2nc3ccccc3s2)c2ccccc2)c1. The lowest BCUT2D eigenvalue weighted by atomic mass is 10.1. The summed E-state index contributed by atoms with van der Waals surface area (Å²) in [6.45, 7) is 4.03. The van der Waals surface area contributed by atoms with Crippen molar-refractivity contribution in [3.63, 3.8) is 0 Å². The maximum Gasteiger partial charge on any atom is 0.242 e. The van der Waals surface area contributed by atoms with Crippen molar-refractivity contribution >= 4 is 44.9 Å². The largest absolute Gasteiger partial charge is 0.325 e. The van der Waals surface area contributed by atoms with Gasteiger partial charge in [-0.1, -0.05) is 66.4 Å². The molecule has 1 atom stereocenters. The topological polar surface area (TPSA) is 42.0 Å². The predicted octanol–water partition coefficient (Wildman–Crippen LogP) is 6.39. The van der Waals surface area contributed by atoms with Crippen LogP contribution >= 0.6 is 23.1 Å². The highest BCUT2D eigenvalue weighted by Crippen LogP contribution is 2.40. The summed E-state index contributed by atoms with van der Waals surface area (Å²) in [5, 5.41) is 2.75. The smallest absolute Gasteiger partial charge is 0.242 e. The summed E-state index contributed by atoms with van der Waals surface area (Å²) in [5.41, 5.74) is 4.97. The van der Waals surface area contributed by atoms with Crippen molar-refractivity contribution in [1.82, 2.24) is 4.98 Å². The molecule has 0 aliphatic rings. The molecular weight excluding hydrogens is 384 g/mol. The Bertz CT molecular complexity index is 1090. The van der Waals surface area contributed by atoms with E-state index in [0.717, 1.165) is 36.9 Å². The van der Waals surface area contributed by atoms with Crippen molar-refractivity contribution in [2.24, 2.45) is 0 Å². The molecule has 1 amide bonds. The minimum absolute atomic E-state index is 0.0378. The van der Waals surface area contributed by atoms with Gasteiger partial charge in [-0.05, 0) is 48.7 Å². The molecule has 3 aromatic carbocycles. The van der Waals surface area contributed by atoms with Gasteiger partial charge in [0.2, 0.25) is 5.91 Å². The second kappa shape index (κ2) is 8.17. The standard InChI is InChI=1S/C23H20N2OS2/c1-15-12-13-16(2)19(14-15)24-22(26)21(17-8-4-3-5-9-17)28-23-25-18-10-6-7-11-20(18)27-23/h3-14,21H,1-2H3,(H,24,26)/t21-/m0/s1. The van der Waals surface area contributed by atoms with Crippen LogP contribution in [0.5, 0.6) is 0 Å². The minimum Gasteiger partial charge on any atom is -0.325 e. The van der Waals surface area contributed by atoms with Gasteiger partial charge in [-0.15, -0.1) is 11.3 Å². The average molecular weight is 405 g/mol. The maximum absolute atomic E-state index is 13.2. The van der Waals surface area contributed by atoms with Crippen LogP contribution in [0, 0.1) is 13.8 Å². The Hall–Kier alpha value is -2.63. The number of carbonyl (C=O) groups is 1. The maximum atomic E-state index is 13.2. The number of aryl methyl sites for hydroxylation is 2. The molecule has 1 aromatic heterocycles. The van der Waals surface area contributed by atoms with Crippen LogP contribution in [0.15, 0.2) is 77.1 Å². The molecule has 0 saturated carbocycles. The molecule has 0 spiro atoms. The van der Waals surface area contributed by atoms with Crippen LogP contribution in [0.25, 0.3) is 10.2 Å². The van der Waals surface area contributed by atoms with Crippen LogP contribution in [-0.2, 0) is 4.79 Å². The lowest BCUT2D eigenvalue weighted by molar-refractivity contribution is -0.115. The van der Waals surface area contributed by atoms with Crippen molar-refractivity contribution in [3.8, 4) is 0 Å². The second-order valence-corrected chi connectivity index (χ2v) is 9.05. The zero-order chi connectivity index (χ0) is 19.5. The van der Waals surface area contributed by atoms with Gasteiger partial charge in [-0.3, -0.25) is 4.79 Å². The van der Waals surface area contributed by atoms with E-state index < -0.39 is 0 Å². The molecule has 0 unspecified atom stereocenters. The first kappa shape index (κ1) is 18.7. The van der Waals surface area contributed by atoms with Crippen molar-refractivity contribution in [1.29, 1.82) is 0 Å². The first-order valence-corrected chi connectivity index (χ1v) is 10.7. The molecule has 0 radical (unpaired) electrons. The zero-order valence-corrected chi connectivity index (χ0v) is 17.3. The normalized spacial score (nSPS) is 12.1. The van der Waals surface area contributed by atoms with Crippen LogP contribution in [0.3, 0.4) is 0 Å². The number of thiazole rings is 1. The number of amides is 1. The third-order valence-electron chi connectivity index (χ3n) is 4.48. The lowest BCUT2D eigenvalue weighted by Crippen LogP contribution is -2.19. The highest BCUT2D eigenvalue weighted by Gasteiger charge is 2.24. The number of fused-ring (bicyclic) bond motifs is 1. The molecule has 4 aromatic rings. The van der Waals surface area contributed by atoms with E-state index in [1.807, 2.05) is 74.5 Å². The number of aromatic nitrogens is 1. The van der Waals surface area contributed by atoms with E-state index in [2.05, 4.69) is 17.4 Å². The fourth-order valence-corrected chi connectivity index (χ4v) is 5.23. The van der Waals surface area contributed by atoms with Crippen molar-refractivity contribution < 1.29 is 4.79 Å². The predicted molar refractivity (Wildman–Crippen MR) is 119 cm³/mol. The molecule has 28 heavy (non-hydrogen) atoms. The molecule has 1 heterocycles. The van der Waals surface area contributed by atoms with Gasteiger partial charge in [0.05, 0.1) is 10.2 Å². The lowest BCUT2D eigenvalue weighted by Gasteiger charge is -2.17. The number of hydrogen-bond donors (Lipinski definition) is 1. The summed E-state index contributed by atoms with van der Waals surface area (Å²) in [4.78, 5) is 17.9. The van der Waals surface area contributed by atoms with E-state index >= 15 is 0 Å². The van der Waals surface area contributed by atoms with Crippen molar-refractivity contribution in [2.45, 2.75) is 23.4 Å². The van der Waals surface area contributed by atoms with Gasteiger partial charge >= 0.3 is 0 Å². The molecule has 140 valence electrons. The first-order valence-electron chi connectivity index (χ1n) is 9.05. The molecule has 4 rings (SSSR count). The monoisotopic (exact) mass is 404 g/mol. The van der Waals surface area contributed by atoms with Crippen LogP contribution in [0.2, 0.25) is 0 Å². The Balaban J connectivity index is 1.65. The Morgan fingerprint density at radius 1 is 1.00 bits per heavy atom. The van der Waals surface area contributed by atoms with Crippen LogP contribution in [0.4, 0.5) is 5.69 Å². The van der Waals surface area contributed by atoms with E-state index in [1.54, 1.807) is 11.3 Å². The molecule has 1 N–H and O–H groups in total. The van der Waals surface area contributed by atoms with Gasteiger partial charge in [0.25, 0.3) is 0 Å². The fraction of sp³-hybridized carbons (Fsp3) is 0.130. The van der Waals surface area contributed by atoms with Crippen LogP contribution in [0.1, 0.15) is 21.9 Å². The number of carbonyl (C=O) groups excluding carboxylic acids is 1. The zero-order valence-electron chi connectivity index (χ0n) is 15.7. The van der Waals surface area contributed by atoms with Crippen molar-refractivity contribution in [3.05, 3.63) is 89.5 Å². The van der Waals surface area contributed by atoms with Crippen LogP contribution in [-0.4, -0.2) is 10.9 Å². The Morgan fingerprint density at radius 3 is 2.54 bits per heavy atom. The number of para-hydroxylation sites is 1. The molecule has 0 bridgehead atoms. The Kier molecular flexibility index (Phi) is 5.46. The van der Waals surface area contributed by atoms with Gasteiger partial charge in [-0.25, -0.2) is 4.98 Å². The van der Waals surface area contributed by atoms with Gasteiger partial charge in [0, 0.05) is 5.69 Å². The highest BCUT2D eigenvalue weighted by atomic mass is 32.2. The molecule has 0 fully saturated rings. The summed E-state index contributed by atoms with van der Waals surface area (Å²) in [5.74, 6) is -0.0378. The summed E-state index contributed by atoms with van der Waals surface area (Å²) < 4.78 is 2.03. The molecule has 0 saturated heterocycles. The number of nitrogens with zero attached hydrogens (tertiary/aromatic N) is 1. The van der Waals surface area contributed by atoms with Gasteiger partial charge in [0.15, 0.2) is 4.34 Å². The molecule has 3 nitrogen and oxygen atoms in total. The number of anilines is 1. The van der Waals surface area contributed by atoms with E-state index in [-0.39, 0.29) is 11.2 Å². The number of benzene rings is 3. The third-order valence-corrected chi connectivity index (χ3v) is 6.87. The highest BCUT2D eigenvalue weighted by molar-refractivity contribution is 8.02. The molecule has 5 heteroatoms. The minimum atomic E-state index is -0.373. The molecule has 0 aliphatic carbocycles. The summed E-state index contributed by atoms with van der Waals surface area (Å²) in [6.07, 6.45) is 0. The Labute approximate surface area is 172 Å². The molecule has 0 aliphatic heterocycles. The van der Waals surface area contributed by atoms with E-state index in [4.69, 9.17) is 4.98 Å². The number of rotatable bonds is 5. The van der Waals surface area contributed by atoms with E-state index in [9.17, 15) is 4.79 Å². The Morgan fingerprint density at radius 2 is 1.75 bits per heavy atom. The number of hydrogen-bond acceptors (Lipinski definition) is 4. The van der Waals surface area contributed by atoms with Gasteiger partial charge in [-0.2, -0.15) is 0 Å². The third kappa shape index (κ3) is 4.11. The van der Waals surface area contributed by atoms with E-state index in [0.29, 0.717) is 0 Å². The molecular formula is C23H20N2OS2. The van der Waals surface area contributed by atoms with Crippen molar-refractivity contribution in [2.75, 3.05) is 5.32 Å². The summed E-state index contributed by atoms with van der Waals surface area (Å²) >= 11 is 3.12. The average Bonchev–Trinajstić information content (AvgIpc) is 3.12. The summed E-state index contributed by atoms with van der Waals surface area (Å²) in [6, 6.07) is 24.0. The number of thioether (sulfide) groups is 1. The number of nitrogens with one attached hydrogen (secondary N) is 1. The fourth-order valence-electron chi connectivity index (χ4n) is 2.97. The quantitative estimate of drug-likeness (QED) is 0.392. The van der Waals surface area contributed by atoms with Crippen LogP contribution < -0.4 is 5.32 Å². The summed E-state index contributed by atoms with van der Waals surface area (Å²) in [7, 11) is 0.